The molecule has 3 fully saturated rings. The zero-order chi connectivity index (χ0) is 23.8. The van der Waals surface area contributed by atoms with Crippen molar-refractivity contribution in [3.05, 3.63) is 106 Å². The van der Waals surface area contributed by atoms with Gasteiger partial charge in [-0.05, 0) is 65.8 Å². The number of rotatable bonds is 5. The third-order valence-electron chi connectivity index (χ3n) is 8.36. The molecule has 0 aromatic heterocycles. The Labute approximate surface area is 217 Å². The van der Waals surface area contributed by atoms with Crippen LogP contribution in [0.1, 0.15) is 71.7 Å². The Morgan fingerprint density at radius 3 is 2.14 bits per heavy atom. The Kier molecular flexibility index (Phi) is 6.51. The van der Waals surface area contributed by atoms with Crippen molar-refractivity contribution in [2.45, 2.75) is 49.5 Å². The summed E-state index contributed by atoms with van der Waals surface area (Å²) in [7, 11) is 0. The predicted molar refractivity (Wildman–Crippen MR) is 145 cm³/mol. The fourth-order valence-corrected chi connectivity index (χ4v) is 6.98. The van der Waals surface area contributed by atoms with Crippen LogP contribution in [0.3, 0.4) is 0 Å². The van der Waals surface area contributed by atoms with Crippen LogP contribution in [0.2, 0.25) is 0 Å². The smallest absolute Gasteiger partial charge is 0.228 e. The number of carbonyl (C=O) groups is 1. The minimum Gasteiger partial charge on any atom is -0.335 e. The first-order chi connectivity index (χ1) is 17.2. The Morgan fingerprint density at radius 2 is 1.43 bits per heavy atom. The molecule has 1 saturated carbocycles. The summed E-state index contributed by atoms with van der Waals surface area (Å²) in [6.07, 6.45) is 4.68. The van der Waals surface area contributed by atoms with Gasteiger partial charge in [0.05, 0.1) is 12.0 Å². The van der Waals surface area contributed by atoms with Crippen molar-refractivity contribution in [3.63, 3.8) is 0 Å². The van der Waals surface area contributed by atoms with Gasteiger partial charge >= 0.3 is 0 Å². The van der Waals surface area contributed by atoms with E-state index in [0.29, 0.717) is 11.8 Å². The molecule has 2 aliphatic heterocycles. The van der Waals surface area contributed by atoms with Gasteiger partial charge in [-0.3, -0.25) is 4.79 Å². The summed E-state index contributed by atoms with van der Waals surface area (Å²) in [6.45, 7) is 2.41. The molecule has 3 aromatic rings. The lowest BCUT2D eigenvalue weighted by molar-refractivity contribution is -0.139. The molecule has 2 heterocycles. The summed E-state index contributed by atoms with van der Waals surface area (Å²) in [4.78, 5) is 16.4. The van der Waals surface area contributed by atoms with Crippen LogP contribution in [0.4, 0.5) is 0 Å². The maximum Gasteiger partial charge on any atom is 0.228 e. The van der Waals surface area contributed by atoms with Gasteiger partial charge < -0.3 is 10.2 Å². The number of hydrogen-bond acceptors (Lipinski definition) is 2. The third kappa shape index (κ3) is 4.59. The molecule has 3 aliphatic rings. The van der Waals surface area contributed by atoms with Crippen LogP contribution in [-0.4, -0.2) is 30.4 Å². The normalized spacial score (nSPS) is 26.6. The predicted octanol–water partition coefficient (Wildman–Crippen LogP) is 6.78. The molecule has 0 spiro atoms. The summed E-state index contributed by atoms with van der Waals surface area (Å²) in [5.74, 6) is 1.72. The molecule has 180 valence electrons. The average Bonchev–Trinajstić information content (AvgIpc) is 3.65. The summed E-state index contributed by atoms with van der Waals surface area (Å²) in [5, 5.41) is 3.52. The highest BCUT2D eigenvalue weighted by Crippen LogP contribution is 2.48. The fraction of sp³-hybridized carbons (Fsp3) is 0.387. The monoisotopic (exact) mass is 528 g/mol. The van der Waals surface area contributed by atoms with Crippen molar-refractivity contribution in [3.8, 4) is 0 Å². The molecule has 2 unspecified atom stereocenters. The van der Waals surface area contributed by atoms with Crippen LogP contribution in [0.15, 0.2) is 83.3 Å². The van der Waals surface area contributed by atoms with Crippen LogP contribution in [0.5, 0.6) is 0 Å². The maximum atomic E-state index is 14.2. The lowest BCUT2D eigenvalue weighted by Gasteiger charge is -2.42. The molecule has 0 bridgehead atoms. The highest BCUT2D eigenvalue weighted by molar-refractivity contribution is 9.10. The second-order valence-electron chi connectivity index (χ2n) is 10.5. The number of benzene rings is 3. The zero-order valence-electron chi connectivity index (χ0n) is 20.1. The van der Waals surface area contributed by atoms with Crippen LogP contribution in [-0.2, 0) is 4.79 Å². The molecule has 0 radical (unpaired) electrons. The highest BCUT2D eigenvalue weighted by Gasteiger charge is 2.42. The summed E-state index contributed by atoms with van der Waals surface area (Å²) in [5.41, 5.74) is 5.58. The van der Waals surface area contributed by atoms with Gasteiger partial charge in [0.1, 0.15) is 0 Å². The van der Waals surface area contributed by atoms with E-state index in [-0.39, 0.29) is 17.9 Å². The number of hydrogen-bond donors (Lipinski definition) is 1. The van der Waals surface area contributed by atoms with Gasteiger partial charge in [-0.15, -0.1) is 0 Å². The molecule has 1 aliphatic carbocycles. The van der Waals surface area contributed by atoms with E-state index >= 15 is 0 Å². The van der Waals surface area contributed by atoms with Gasteiger partial charge in [0, 0.05) is 30.0 Å². The van der Waals surface area contributed by atoms with Crippen molar-refractivity contribution >= 4 is 21.8 Å². The molecule has 6 rings (SSSR count). The van der Waals surface area contributed by atoms with Gasteiger partial charge in [-0.1, -0.05) is 88.7 Å². The van der Waals surface area contributed by atoms with Crippen LogP contribution in [0.25, 0.3) is 0 Å². The van der Waals surface area contributed by atoms with Crippen LogP contribution < -0.4 is 5.32 Å². The molecular formula is C31H33BrN2O. The van der Waals surface area contributed by atoms with E-state index in [1.54, 1.807) is 5.56 Å². The van der Waals surface area contributed by atoms with E-state index in [1.807, 2.05) is 6.07 Å². The molecule has 4 heteroatoms. The van der Waals surface area contributed by atoms with Gasteiger partial charge in [0.15, 0.2) is 0 Å². The molecular weight excluding hydrogens is 496 g/mol. The average molecular weight is 530 g/mol. The lowest BCUT2D eigenvalue weighted by atomic mass is 9.79. The minimum absolute atomic E-state index is 0.0322. The number of carbonyl (C=O) groups excluding carboxylic acids is 1. The summed E-state index contributed by atoms with van der Waals surface area (Å²) in [6, 6.07) is 28.3. The van der Waals surface area contributed by atoms with Crippen LogP contribution >= 0.6 is 15.9 Å². The summed E-state index contributed by atoms with van der Waals surface area (Å²) >= 11 is 3.73. The van der Waals surface area contributed by atoms with Gasteiger partial charge in [0.25, 0.3) is 0 Å². The molecule has 3 aromatic carbocycles. The summed E-state index contributed by atoms with van der Waals surface area (Å²) < 4.78 is 1.10. The quantitative estimate of drug-likeness (QED) is 0.395. The SMILES string of the molecule is O=C([C@@H]1CNC[C@H]1c1ccccc1Br)N1CCC(c2ccccc2C2CC2)CC1c1ccccc1. The van der Waals surface area contributed by atoms with Crippen molar-refractivity contribution < 1.29 is 4.79 Å². The minimum atomic E-state index is -0.0322. The van der Waals surface area contributed by atoms with Gasteiger partial charge in [-0.25, -0.2) is 0 Å². The van der Waals surface area contributed by atoms with Gasteiger partial charge in [-0.2, -0.15) is 0 Å². The first-order valence-electron chi connectivity index (χ1n) is 13.1. The second-order valence-corrected chi connectivity index (χ2v) is 11.3. The number of amides is 1. The molecule has 1 amide bonds. The number of nitrogens with one attached hydrogen (secondary N) is 1. The van der Waals surface area contributed by atoms with Crippen molar-refractivity contribution in [1.82, 2.24) is 10.2 Å². The topological polar surface area (TPSA) is 32.3 Å². The highest BCUT2D eigenvalue weighted by atomic mass is 79.9. The molecule has 3 nitrogen and oxygen atoms in total. The van der Waals surface area contributed by atoms with Crippen molar-refractivity contribution in [2.24, 2.45) is 5.92 Å². The van der Waals surface area contributed by atoms with Crippen molar-refractivity contribution in [1.29, 1.82) is 0 Å². The molecule has 2 saturated heterocycles. The molecule has 1 N–H and O–H groups in total. The third-order valence-corrected chi connectivity index (χ3v) is 9.08. The Balaban J connectivity index is 1.30. The lowest BCUT2D eigenvalue weighted by Crippen LogP contribution is -2.45. The van der Waals surface area contributed by atoms with E-state index < -0.39 is 0 Å². The first-order valence-corrected chi connectivity index (χ1v) is 13.9. The number of likely N-dealkylation sites (tertiary alicyclic amines) is 1. The largest absolute Gasteiger partial charge is 0.335 e. The molecule has 35 heavy (non-hydrogen) atoms. The Morgan fingerprint density at radius 1 is 0.771 bits per heavy atom. The van der Waals surface area contributed by atoms with E-state index in [1.165, 1.54) is 29.5 Å². The number of nitrogens with zero attached hydrogens (tertiary/aromatic N) is 1. The van der Waals surface area contributed by atoms with Crippen molar-refractivity contribution in [2.75, 3.05) is 19.6 Å². The number of piperidine rings is 1. The standard InChI is InChI=1S/C31H33BrN2O/c32-29-13-7-6-12-26(29)27-19-33-20-28(27)31(35)34-17-16-23(18-30(34)22-8-2-1-3-9-22)25-11-5-4-10-24(25)21-14-15-21/h1-13,21,23,27-28,30,33H,14-20H2/t23?,27-,28+,30?/m0/s1. The van der Waals surface area contributed by atoms with E-state index in [0.717, 1.165) is 42.9 Å². The zero-order valence-corrected chi connectivity index (χ0v) is 21.7. The maximum absolute atomic E-state index is 14.2. The Bertz CT molecular complexity index is 1190. The fourth-order valence-electron chi connectivity index (χ4n) is 6.41. The first kappa shape index (κ1) is 23.0. The molecule has 4 atom stereocenters. The second kappa shape index (κ2) is 9.91. The Hall–Kier alpha value is -2.43. The van der Waals surface area contributed by atoms with E-state index in [4.69, 9.17) is 0 Å². The van der Waals surface area contributed by atoms with Gasteiger partial charge in [0.2, 0.25) is 5.91 Å². The van der Waals surface area contributed by atoms with E-state index in [9.17, 15) is 4.79 Å². The van der Waals surface area contributed by atoms with Crippen LogP contribution in [0, 0.1) is 5.92 Å². The number of halogens is 1. The van der Waals surface area contributed by atoms with E-state index in [2.05, 4.69) is 98.9 Å².